The second-order valence-electron chi connectivity index (χ2n) is 3.82. The van der Waals surface area contributed by atoms with Crippen molar-refractivity contribution in [3.8, 4) is 0 Å². The first-order chi connectivity index (χ1) is 8.47. The molecule has 0 saturated carbocycles. The lowest BCUT2D eigenvalue weighted by Crippen LogP contribution is -2.17. The van der Waals surface area contributed by atoms with Crippen LogP contribution in [0.2, 0.25) is 0 Å². The first kappa shape index (κ1) is 14.8. The Morgan fingerprint density at radius 1 is 1.00 bits per heavy atom. The first-order valence-electron chi connectivity index (χ1n) is 5.54. The normalized spacial score (nSPS) is 11.7. The van der Waals surface area contributed by atoms with E-state index < -0.39 is 12.8 Å². The van der Waals surface area contributed by atoms with Crippen LogP contribution in [0.5, 0.6) is 0 Å². The summed E-state index contributed by atoms with van der Waals surface area (Å²) in [7, 11) is 0. The van der Waals surface area contributed by atoms with E-state index in [0.717, 1.165) is 5.56 Å². The van der Waals surface area contributed by atoms with E-state index in [2.05, 4.69) is 4.74 Å². The lowest BCUT2D eigenvalue weighted by Gasteiger charge is -2.08. The van der Waals surface area contributed by atoms with Crippen molar-refractivity contribution in [2.75, 3.05) is 25.6 Å². The number of benzene rings is 1. The van der Waals surface area contributed by atoms with Gasteiger partial charge in [0.1, 0.15) is 6.61 Å². The summed E-state index contributed by atoms with van der Waals surface area (Å²) in [5.41, 5.74) is 7.17. The van der Waals surface area contributed by atoms with Crippen molar-refractivity contribution in [2.24, 2.45) is 0 Å². The Bertz CT molecular complexity index is 338. The third-order valence-corrected chi connectivity index (χ3v) is 2.09. The Balaban J connectivity index is 2.00. The number of anilines is 1. The van der Waals surface area contributed by atoms with E-state index in [1.54, 1.807) is 12.1 Å². The van der Waals surface area contributed by atoms with Gasteiger partial charge < -0.3 is 15.2 Å². The molecule has 1 aromatic carbocycles. The summed E-state index contributed by atoms with van der Waals surface area (Å²) in [4.78, 5) is 0. The smallest absolute Gasteiger partial charge is 0.399 e. The molecule has 18 heavy (non-hydrogen) atoms. The second kappa shape index (κ2) is 7.23. The summed E-state index contributed by atoms with van der Waals surface area (Å²) >= 11 is 0. The Morgan fingerprint density at radius 3 is 2.22 bits per heavy atom. The lowest BCUT2D eigenvalue weighted by molar-refractivity contribution is -0.174. The molecular weight excluding hydrogens is 247 g/mol. The highest BCUT2D eigenvalue weighted by atomic mass is 19.4. The van der Waals surface area contributed by atoms with Crippen LogP contribution in [-0.2, 0) is 16.1 Å². The Labute approximate surface area is 104 Å². The largest absolute Gasteiger partial charge is 0.411 e. The first-order valence-corrected chi connectivity index (χ1v) is 5.54. The van der Waals surface area contributed by atoms with Crippen molar-refractivity contribution >= 4 is 5.69 Å². The molecule has 0 amide bonds. The standard InChI is InChI=1S/C12H16F3NO2/c13-12(14,15)9-18-7-1-6-17-8-10-2-4-11(16)5-3-10/h2-5H,1,6-9,16H2. The van der Waals surface area contributed by atoms with Gasteiger partial charge in [-0.3, -0.25) is 0 Å². The molecule has 0 bridgehead atoms. The van der Waals surface area contributed by atoms with Crippen LogP contribution < -0.4 is 5.73 Å². The molecule has 102 valence electrons. The van der Waals surface area contributed by atoms with Crippen molar-refractivity contribution in [3.63, 3.8) is 0 Å². The fourth-order valence-electron chi connectivity index (χ4n) is 1.25. The molecule has 0 aromatic heterocycles. The van der Waals surface area contributed by atoms with E-state index in [4.69, 9.17) is 10.5 Å². The van der Waals surface area contributed by atoms with Crippen LogP contribution in [0, 0.1) is 0 Å². The molecule has 0 radical (unpaired) electrons. The average Bonchev–Trinajstić information content (AvgIpc) is 2.29. The summed E-state index contributed by atoms with van der Waals surface area (Å²) in [6, 6.07) is 7.22. The minimum absolute atomic E-state index is 0.0429. The third kappa shape index (κ3) is 7.13. The van der Waals surface area contributed by atoms with Gasteiger partial charge in [0.25, 0.3) is 0 Å². The lowest BCUT2D eigenvalue weighted by atomic mass is 10.2. The average molecular weight is 263 g/mol. The van der Waals surface area contributed by atoms with Gasteiger partial charge in [0.2, 0.25) is 0 Å². The number of nitrogen functional groups attached to an aromatic ring is 1. The number of halogens is 3. The highest BCUT2D eigenvalue weighted by molar-refractivity contribution is 5.39. The van der Waals surface area contributed by atoms with Crippen LogP contribution in [0.3, 0.4) is 0 Å². The van der Waals surface area contributed by atoms with Crippen LogP contribution in [0.1, 0.15) is 12.0 Å². The molecule has 2 N–H and O–H groups in total. The van der Waals surface area contributed by atoms with Crippen molar-refractivity contribution in [2.45, 2.75) is 19.2 Å². The maximum Gasteiger partial charge on any atom is 0.411 e. The van der Waals surface area contributed by atoms with Gasteiger partial charge in [0.05, 0.1) is 6.61 Å². The highest BCUT2D eigenvalue weighted by Gasteiger charge is 2.27. The number of hydrogen-bond acceptors (Lipinski definition) is 3. The molecule has 0 heterocycles. The maximum absolute atomic E-state index is 11.7. The maximum atomic E-state index is 11.7. The fourth-order valence-corrected chi connectivity index (χ4v) is 1.25. The van der Waals surface area contributed by atoms with E-state index in [1.165, 1.54) is 0 Å². The van der Waals surface area contributed by atoms with Gasteiger partial charge in [-0.05, 0) is 24.1 Å². The minimum Gasteiger partial charge on any atom is -0.399 e. The van der Waals surface area contributed by atoms with Crippen LogP contribution in [-0.4, -0.2) is 26.0 Å². The Kier molecular flexibility index (Phi) is 5.94. The number of alkyl halides is 3. The van der Waals surface area contributed by atoms with E-state index in [9.17, 15) is 13.2 Å². The molecule has 0 atom stereocenters. The zero-order chi connectivity index (χ0) is 13.4. The zero-order valence-electron chi connectivity index (χ0n) is 9.87. The molecule has 0 aliphatic heterocycles. The van der Waals surface area contributed by atoms with Crippen LogP contribution >= 0.6 is 0 Å². The van der Waals surface area contributed by atoms with Crippen molar-refractivity contribution in [1.82, 2.24) is 0 Å². The second-order valence-corrected chi connectivity index (χ2v) is 3.82. The molecule has 0 unspecified atom stereocenters. The predicted molar refractivity (Wildman–Crippen MR) is 62.0 cm³/mol. The summed E-state index contributed by atoms with van der Waals surface area (Å²) < 4.78 is 44.9. The van der Waals surface area contributed by atoms with Crippen molar-refractivity contribution < 1.29 is 22.6 Å². The van der Waals surface area contributed by atoms with E-state index in [0.29, 0.717) is 25.3 Å². The molecule has 0 fully saturated rings. The molecule has 1 rings (SSSR count). The SMILES string of the molecule is Nc1ccc(COCCCOCC(F)(F)F)cc1. The molecule has 3 nitrogen and oxygen atoms in total. The molecule has 0 aliphatic rings. The van der Waals surface area contributed by atoms with Gasteiger partial charge in [-0.2, -0.15) is 13.2 Å². The van der Waals surface area contributed by atoms with Gasteiger partial charge in [-0.15, -0.1) is 0 Å². The predicted octanol–water partition coefficient (Wildman–Crippen LogP) is 2.75. The van der Waals surface area contributed by atoms with Crippen LogP contribution in [0.25, 0.3) is 0 Å². The Hall–Kier alpha value is -1.27. The zero-order valence-corrected chi connectivity index (χ0v) is 9.87. The van der Waals surface area contributed by atoms with Crippen LogP contribution in [0.4, 0.5) is 18.9 Å². The van der Waals surface area contributed by atoms with Gasteiger partial charge in [0.15, 0.2) is 0 Å². The highest BCUT2D eigenvalue weighted by Crippen LogP contribution is 2.14. The Morgan fingerprint density at radius 2 is 1.61 bits per heavy atom. The number of rotatable bonds is 7. The van der Waals surface area contributed by atoms with Gasteiger partial charge in [-0.25, -0.2) is 0 Å². The number of hydrogen-bond donors (Lipinski definition) is 1. The van der Waals surface area contributed by atoms with Gasteiger partial charge in [-0.1, -0.05) is 12.1 Å². The van der Waals surface area contributed by atoms with Gasteiger partial charge in [0, 0.05) is 18.9 Å². The summed E-state index contributed by atoms with van der Waals surface area (Å²) in [6.07, 6.45) is -3.82. The number of ether oxygens (including phenoxy) is 2. The number of nitrogens with two attached hydrogens (primary N) is 1. The molecule has 0 spiro atoms. The fraction of sp³-hybridized carbons (Fsp3) is 0.500. The summed E-state index contributed by atoms with van der Waals surface area (Å²) in [5.74, 6) is 0. The molecular formula is C12H16F3NO2. The van der Waals surface area contributed by atoms with Crippen molar-refractivity contribution in [3.05, 3.63) is 29.8 Å². The monoisotopic (exact) mass is 263 g/mol. The molecule has 1 aromatic rings. The van der Waals surface area contributed by atoms with Crippen LogP contribution in [0.15, 0.2) is 24.3 Å². The minimum atomic E-state index is -4.26. The molecule has 0 saturated heterocycles. The summed E-state index contributed by atoms with van der Waals surface area (Å²) in [6.45, 7) is -0.381. The summed E-state index contributed by atoms with van der Waals surface area (Å²) in [5, 5.41) is 0. The van der Waals surface area contributed by atoms with E-state index in [1.807, 2.05) is 12.1 Å². The van der Waals surface area contributed by atoms with E-state index >= 15 is 0 Å². The van der Waals surface area contributed by atoms with Gasteiger partial charge >= 0.3 is 6.18 Å². The molecule has 6 heteroatoms. The topological polar surface area (TPSA) is 44.5 Å². The van der Waals surface area contributed by atoms with Crippen molar-refractivity contribution in [1.29, 1.82) is 0 Å². The third-order valence-electron chi connectivity index (χ3n) is 2.09. The quantitative estimate of drug-likeness (QED) is 0.607. The van der Waals surface area contributed by atoms with E-state index in [-0.39, 0.29) is 6.61 Å². The molecule has 0 aliphatic carbocycles.